The lowest BCUT2D eigenvalue weighted by Gasteiger charge is -2.17. The van der Waals surface area contributed by atoms with Gasteiger partial charge in [0.2, 0.25) is 0 Å². The highest BCUT2D eigenvalue weighted by Crippen LogP contribution is 2.27. The lowest BCUT2D eigenvalue weighted by atomic mass is 10.2. The Morgan fingerprint density at radius 1 is 1.55 bits per heavy atom. The van der Waals surface area contributed by atoms with Crippen LogP contribution >= 0.6 is 0 Å². The lowest BCUT2D eigenvalue weighted by molar-refractivity contribution is -0.385. The fourth-order valence-electron chi connectivity index (χ4n) is 1.95. The molecule has 1 aliphatic rings. The number of nitro groups is 1. The van der Waals surface area contributed by atoms with Crippen molar-refractivity contribution < 1.29 is 24.2 Å². The van der Waals surface area contributed by atoms with Crippen molar-refractivity contribution in [3.8, 4) is 5.75 Å². The number of aliphatic hydroxyl groups excluding tert-OH is 1. The van der Waals surface area contributed by atoms with E-state index in [4.69, 9.17) is 14.2 Å². The minimum absolute atomic E-state index is 0.0823. The number of hydrogen-bond donors (Lipinski definition) is 1. The Kier molecular flexibility index (Phi) is 4.22. The predicted molar refractivity (Wildman–Crippen MR) is 69.4 cm³/mol. The minimum Gasteiger partial charge on any atom is -0.490 e. The fraction of sp³-hybridized carbons (Fsp3) is 0.538. The van der Waals surface area contributed by atoms with Crippen LogP contribution in [0.2, 0.25) is 0 Å². The first kappa shape index (κ1) is 14.7. The molecule has 0 saturated carbocycles. The Morgan fingerprint density at radius 3 is 2.85 bits per heavy atom. The van der Waals surface area contributed by atoms with Crippen molar-refractivity contribution in [2.45, 2.75) is 32.3 Å². The van der Waals surface area contributed by atoms with Crippen LogP contribution in [-0.4, -0.2) is 35.1 Å². The number of rotatable bonds is 5. The summed E-state index contributed by atoms with van der Waals surface area (Å²) in [4.78, 5) is 10.2. The second kappa shape index (κ2) is 5.74. The summed E-state index contributed by atoms with van der Waals surface area (Å²) in [7, 11) is 0. The topological polar surface area (TPSA) is 91.1 Å². The molecule has 1 aliphatic heterocycles. The van der Waals surface area contributed by atoms with Gasteiger partial charge in [-0.2, -0.15) is 0 Å². The molecular formula is C13H17NO6. The number of nitrogens with zero attached hydrogens (tertiary/aromatic N) is 1. The molecule has 1 atom stereocenters. The average molecular weight is 283 g/mol. The maximum atomic E-state index is 10.7. The maximum Gasteiger partial charge on any atom is 0.273 e. The molecule has 2 rings (SSSR count). The number of aliphatic hydroxyl groups is 1. The van der Waals surface area contributed by atoms with Crippen LogP contribution in [0.5, 0.6) is 5.75 Å². The van der Waals surface area contributed by atoms with Crippen LogP contribution in [0, 0.1) is 10.1 Å². The summed E-state index contributed by atoms with van der Waals surface area (Å²) in [6.45, 7) is 3.97. The third-order valence-electron chi connectivity index (χ3n) is 2.92. The van der Waals surface area contributed by atoms with Gasteiger partial charge in [0.15, 0.2) is 5.79 Å². The second-order valence-corrected chi connectivity index (χ2v) is 4.97. The molecule has 110 valence electrons. The molecule has 0 unspecified atom stereocenters. The van der Waals surface area contributed by atoms with E-state index in [1.807, 2.05) is 0 Å². The van der Waals surface area contributed by atoms with Gasteiger partial charge in [-0.25, -0.2) is 0 Å². The number of non-ortho nitro benzene ring substituents is 1. The Bertz CT molecular complexity index is 502. The van der Waals surface area contributed by atoms with Crippen molar-refractivity contribution in [1.29, 1.82) is 0 Å². The van der Waals surface area contributed by atoms with Crippen LogP contribution in [0.1, 0.15) is 19.4 Å². The van der Waals surface area contributed by atoms with Crippen molar-refractivity contribution in [3.05, 3.63) is 33.9 Å². The quantitative estimate of drug-likeness (QED) is 0.652. The molecule has 0 radical (unpaired) electrons. The molecule has 0 aliphatic carbocycles. The molecule has 1 N–H and O–H groups in total. The standard InChI is InChI=1S/C13H17NO6/c1-13(2)19-8-11(20-13)7-18-12-5-10(14(16)17)4-3-9(12)6-15/h3-5,11,15H,6-8H2,1-2H3/t11-/m1/s1. The Hall–Kier alpha value is -1.70. The van der Waals surface area contributed by atoms with E-state index in [2.05, 4.69) is 0 Å². The number of hydrogen-bond acceptors (Lipinski definition) is 6. The number of benzene rings is 1. The summed E-state index contributed by atoms with van der Waals surface area (Å²) in [5.41, 5.74) is 0.412. The van der Waals surface area contributed by atoms with Crippen LogP contribution in [0.25, 0.3) is 0 Å². The highest BCUT2D eigenvalue weighted by molar-refractivity contribution is 5.44. The minimum atomic E-state index is -0.642. The van der Waals surface area contributed by atoms with Crippen LogP contribution in [0.4, 0.5) is 5.69 Å². The van der Waals surface area contributed by atoms with Gasteiger partial charge in [-0.15, -0.1) is 0 Å². The molecular weight excluding hydrogens is 266 g/mol. The van der Waals surface area contributed by atoms with Gasteiger partial charge in [-0.05, 0) is 19.9 Å². The van der Waals surface area contributed by atoms with Crippen LogP contribution in [0.15, 0.2) is 18.2 Å². The molecule has 0 aromatic heterocycles. The van der Waals surface area contributed by atoms with Gasteiger partial charge in [0, 0.05) is 11.6 Å². The molecule has 7 heteroatoms. The SMILES string of the molecule is CC1(C)OC[C@@H](COc2cc([N+](=O)[O-])ccc2CO)O1. The zero-order chi connectivity index (χ0) is 14.8. The van der Waals surface area contributed by atoms with Crippen molar-refractivity contribution in [2.24, 2.45) is 0 Å². The zero-order valence-electron chi connectivity index (χ0n) is 11.4. The Morgan fingerprint density at radius 2 is 2.30 bits per heavy atom. The van der Waals surface area contributed by atoms with Gasteiger partial charge in [-0.1, -0.05) is 0 Å². The fourth-order valence-corrected chi connectivity index (χ4v) is 1.95. The van der Waals surface area contributed by atoms with Gasteiger partial charge < -0.3 is 19.3 Å². The van der Waals surface area contributed by atoms with Gasteiger partial charge >= 0.3 is 0 Å². The van der Waals surface area contributed by atoms with E-state index in [-0.39, 0.29) is 30.8 Å². The first-order chi connectivity index (χ1) is 9.41. The van der Waals surface area contributed by atoms with Crippen LogP contribution < -0.4 is 4.74 Å². The van der Waals surface area contributed by atoms with E-state index in [9.17, 15) is 15.2 Å². The van der Waals surface area contributed by atoms with E-state index in [1.54, 1.807) is 13.8 Å². The van der Waals surface area contributed by atoms with Crippen molar-refractivity contribution in [3.63, 3.8) is 0 Å². The number of nitro benzene ring substituents is 1. The van der Waals surface area contributed by atoms with Gasteiger partial charge in [0.25, 0.3) is 5.69 Å². The summed E-state index contributed by atoms with van der Waals surface area (Å²) >= 11 is 0. The third-order valence-corrected chi connectivity index (χ3v) is 2.92. The summed E-state index contributed by atoms with van der Waals surface area (Å²) in [5, 5.41) is 20.0. The maximum absolute atomic E-state index is 10.7. The van der Waals surface area contributed by atoms with E-state index in [0.29, 0.717) is 12.2 Å². The summed E-state index contributed by atoms with van der Waals surface area (Å²) < 4.78 is 16.5. The highest BCUT2D eigenvalue weighted by atomic mass is 16.7. The molecule has 1 saturated heterocycles. The van der Waals surface area contributed by atoms with Gasteiger partial charge in [0.05, 0.1) is 24.2 Å². The molecule has 1 aromatic rings. The molecule has 0 amide bonds. The van der Waals surface area contributed by atoms with Crippen LogP contribution in [0.3, 0.4) is 0 Å². The summed E-state index contributed by atoms with van der Waals surface area (Å²) in [6.07, 6.45) is -0.240. The molecule has 7 nitrogen and oxygen atoms in total. The van der Waals surface area contributed by atoms with Crippen molar-refractivity contribution in [2.75, 3.05) is 13.2 Å². The smallest absolute Gasteiger partial charge is 0.273 e. The molecule has 1 aromatic carbocycles. The second-order valence-electron chi connectivity index (χ2n) is 4.97. The molecule has 0 spiro atoms. The average Bonchev–Trinajstić information content (AvgIpc) is 2.75. The first-order valence-corrected chi connectivity index (χ1v) is 6.24. The van der Waals surface area contributed by atoms with E-state index in [0.717, 1.165) is 0 Å². The van der Waals surface area contributed by atoms with Gasteiger partial charge in [-0.3, -0.25) is 10.1 Å². The predicted octanol–water partition coefficient (Wildman–Crippen LogP) is 1.62. The molecule has 0 bridgehead atoms. The lowest BCUT2D eigenvalue weighted by Crippen LogP contribution is -2.25. The Labute approximate surface area is 116 Å². The molecule has 1 fully saturated rings. The van der Waals surface area contributed by atoms with E-state index in [1.165, 1.54) is 18.2 Å². The van der Waals surface area contributed by atoms with Crippen molar-refractivity contribution in [1.82, 2.24) is 0 Å². The van der Waals surface area contributed by atoms with Crippen molar-refractivity contribution >= 4 is 5.69 Å². The third kappa shape index (κ3) is 3.44. The van der Waals surface area contributed by atoms with Crippen LogP contribution in [-0.2, 0) is 16.1 Å². The largest absolute Gasteiger partial charge is 0.490 e. The molecule has 20 heavy (non-hydrogen) atoms. The van der Waals surface area contributed by atoms with E-state index >= 15 is 0 Å². The normalized spacial score (nSPS) is 20.9. The number of ether oxygens (including phenoxy) is 3. The van der Waals surface area contributed by atoms with Gasteiger partial charge in [0.1, 0.15) is 18.5 Å². The van der Waals surface area contributed by atoms with E-state index < -0.39 is 10.7 Å². The first-order valence-electron chi connectivity index (χ1n) is 6.24. The zero-order valence-corrected chi connectivity index (χ0v) is 11.4. The Balaban J connectivity index is 2.04. The highest BCUT2D eigenvalue weighted by Gasteiger charge is 2.33. The summed E-state index contributed by atoms with van der Waals surface area (Å²) in [5.74, 6) is -0.355. The molecule has 1 heterocycles. The monoisotopic (exact) mass is 283 g/mol. The summed E-state index contributed by atoms with van der Waals surface area (Å²) in [6, 6.07) is 4.10.